The molecule has 7 heteroatoms. The Morgan fingerprint density at radius 2 is 1.25 bits per heavy atom. The van der Waals surface area contributed by atoms with Crippen molar-refractivity contribution in [1.29, 1.82) is 0 Å². The lowest BCUT2D eigenvalue weighted by Crippen LogP contribution is -2.32. The number of hydrogen-bond donors (Lipinski definition) is 3. The highest BCUT2D eigenvalue weighted by Gasteiger charge is 2.05. The topological polar surface area (TPSA) is 91.6 Å². The van der Waals surface area contributed by atoms with E-state index < -0.39 is 0 Å². The maximum atomic E-state index is 8.68. The van der Waals surface area contributed by atoms with E-state index in [-0.39, 0.29) is 19.8 Å². The molecule has 0 aromatic rings. The monoisotopic (exact) mass is 295 g/mol. The summed E-state index contributed by atoms with van der Waals surface area (Å²) in [5, 5.41) is 25.9. The van der Waals surface area contributed by atoms with Gasteiger partial charge in [-0.05, 0) is 12.8 Å². The van der Waals surface area contributed by atoms with Crippen molar-refractivity contribution in [3.05, 3.63) is 0 Å². The minimum Gasteiger partial charge on any atom is -0.396 e. The van der Waals surface area contributed by atoms with Crippen LogP contribution in [-0.4, -0.2) is 92.9 Å². The van der Waals surface area contributed by atoms with Gasteiger partial charge >= 0.3 is 0 Å². The van der Waals surface area contributed by atoms with E-state index in [0.29, 0.717) is 46.2 Å². The molecule has 3 N–H and O–H groups in total. The van der Waals surface area contributed by atoms with Crippen molar-refractivity contribution < 1.29 is 29.5 Å². The zero-order chi connectivity index (χ0) is 14.9. The van der Waals surface area contributed by atoms with E-state index in [2.05, 4.69) is 4.90 Å². The van der Waals surface area contributed by atoms with Gasteiger partial charge in [0, 0.05) is 26.3 Å². The van der Waals surface area contributed by atoms with Crippen molar-refractivity contribution in [2.75, 3.05) is 72.7 Å². The number of hydrogen-bond acceptors (Lipinski definition) is 7. The number of aliphatic hydroxyl groups excluding tert-OH is 3. The standard InChI is InChI=1S/C13H29NO6/c15-5-2-9-20-13-14(4-10-19-12-7-17)3-1-8-18-11-6-16/h15-17H,1-13H2. The van der Waals surface area contributed by atoms with Crippen LogP contribution < -0.4 is 0 Å². The van der Waals surface area contributed by atoms with E-state index in [1.54, 1.807) is 0 Å². The average Bonchev–Trinajstić information content (AvgIpc) is 2.47. The number of rotatable bonds is 16. The first-order chi connectivity index (χ1) is 9.85. The minimum absolute atomic E-state index is 0.0298. The van der Waals surface area contributed by atoms with Crippen LogP contribution in [0.4, 0.5) is 0 Å². The van der Waals surface area contributed by atoms with Crippen LogP contribution in [0.2, 0.25) is 0 Å². The van der Waals surface area contributed by atoms with Crippen LogP contribution in [0, 0.1) is 0 Å². The quantitative estimate of drug-likeness (QED) is 0.250. The number of ether oxygens (including phenoxy) is 3. The molecule has 122 valence electrons. The van der Waals surface area contributed by atoms with Gasteiger partial charge in [0.05, 0.1) is 46.4 Å². The molecule has 0 aliphatic heterocycles. The SMILES string of the molecule is OCCCOCN(CCCOCCO)CCOCCO. The lowest BCUT2D eigenvalue weighted by molar-refractivity contribution is -0.00268. The summed E-state index contributed by atoms with van der Waals surface area (Å²) in [7, 11) is 0. The molecule has 0 amide bonds. The molecule has 0 atom stereocenters. The first kappa shape index (κ1) is 19.7. The Bertz CT molecular complexity index is 172. The maximum Gasteiger partial charge on any atom is 0.0991 e. The van der Waals surface area contributed by atoms with Gasteiger partial charge in [-0.15, -0.1) is 0 Å². The van der Waals surface area contributed by atoms with Gasteiger partial charge in [-0.3, -0.25) is 4.90 Å². The van der Waals surface area contributed by atoms with Crippen LogP contribution in [-0.2, 0) is 14.2 Å². The molecule has 0 aliphatic rings. The molecule has 0 saturated heterocycles. The largest absolute Gasteiger partial charge is 0.396 e. The van der Waals surface area contributed by atoms with Crippen LogP contribution in [0.3, 0.4) is 0 Å². The highest BCUT2D eigenvalue weighted by Crippen LogP contribution is 1.95. The van der Waals surface area contributed by atoms with E-state index in [9.17, 15) is 0 Å². The summed E-state index contributed by atoms with van der Waals surface area (Å²) in [6, 6.07) is 0. The second-order valence-corrected chi connectivity index (χ2v) is 4.26. The van der Waals surface area contributed by atoms with Crippen molar-refractivity contribution in [3.63, 3.8) is 0 Å². The van der Waals surface area contributed by atoms with Crippen LogP contribution in [0.5, 0.6) is 0 Å². The molecular weight excluding hydrogens is 266 g/mol. The van der Waals surface area contributed by atoms with Gasteiger partial charge in [0.15, 0.2) is 0 Å². The van der Waals surface area contributed by atoms with Gasteiger partial charge in [-0.1, -0.05) is 0 Å². The summed E-state index contributed by atoms with van der Waals surface area (Å²) >= 11 is 0. The Morgan fingerprint density at radius 3 is 1.90 bits per heavy atom. The summed E-state index contributed by atoms with van der Waals surface area (Å²) in [5.41, 5.74) is 0. The van der Waals surface area contributed by atoms with Crippen molar-refractivity contribution in [2.24, 2.45) is 0 Å². The summed E-state index contributed by atoms with van der Waals surface area (Å²) in [4.78, 5) is 2.09. The molecule has 0 aromatic carbocycles. The maximum absolute atomic E-state index is 8.68. The molecule has 20 heavy (non-hydrogen) atoms. The third-order valence-corrected chi connectivity index (χ3v) is 2.51. The molecule has 0 bridgehead atoms. The number of aliphatic hydroxyl groups is 3. The second-order valence-electron chi connectivity index (χ2n) is 4.26. The zero-order valence-electron chi connectivity index (χ0n) is 12.2. The highest BCUT2D eigenvalue weighted by molar-refractivity contribution is 4.53. The fourth-order valence-electron chi connectivity index (χ4n) is 1.52. The smallest absolute Gasteiger partial charge is 0.0991 e. The van der Waals surface area contributed by atoms with Crippen LogP contribution >= 0.6 is 0 Å². The summed E-state index contributed by atoms with van der Waals surface area (Å²) in [6.45, 7) is 4.62. The third kappa shape index (κ3) is 14.1. The van der Waals surface area contributed by atoms with Gasteiger partial charge in [-0.2, -0.15) is 0 Å². The Hall–Kier alpha value is -0.280. The molecule has 0 saturated carbocycles. The molecular formula is C13H29NO6. The predicted molar refractivity (Wildman–Crippen MR) is 74.5 cm³/mol. The molecule has 0 heterocycles. The molecule has 0 radical (unpaired) electrons. The van der Waals surface area contributed by atoms with Crippen LogP contribution in [0.25, 0.3) is 0 Å². The molecule has 0 rings (SSSR count). The minimum atomic E-state index is 0.0298. The summed E-state index contributed by atoms with van der Waals surface area (Å²) in [6.07, 6.45) is 1.48. The van der Waals surface area contributed by atoms with E-state index in [0.717, 1.165) is 19.5 Å². The summed E-state index contributed by atoms with van der Waals surface area (Å²) < 4.78 is 15.9. The van der Waals surface area contributed by atoms with E-state index in [4.69, 9.17) is 29.5 Å². The lowest BCUT2D eigenvalue weighted by Gasteiger charge is -2.22. The highest BCUT2D eigenvalue weighted by atomic mass is 16.5. The van der Waals surface area contributed by atoms with E-state index in [1.165, 1.54) is 0 Å². The Balaban J connectivity index is 3.67. The Labute approximate surface area is 121 Å². The number of nitrogens with zero attached hydrogens (tertiary/aromatic N) is 1. The third-order valence-electron chi connectivity index (χ3n) is 2.51. The molecule has 0 aliphatic carbocycles. The normalized spacial score (nSPS) is 11.4. The fourth-order valence-corrected chi connectivity index (χ4v) is 1.52. The Morgan fingerprint density at radius 1 is 0.600 bits per heavy atom. The summed E-state index contributed by atoms with van der Waals surface area (Å²) in [5.74, 6) is 0. The Kier molecular flexibility index (Phi) is 16.5. The molecule has 0 fully saturated rings. The van der Waals surface area contributed by atoms with E-state index in [1.807, 2.05) is 0 Å². The van der Waals surface area contributed by atoms with Gasteiger partial charge in [0.1, 0.15) is 0 Å². The van der Waals surface area contributed by atoms with Crippen LogP contribution in [0.1, 0.15) is 12.8 Å². The first-order valence-corrected chi connectivity index (χ1v) is 7.13. The van der Waals surface area contributed by atoms with Crippen molar-refractivity contribution in [3.8, 4) is 0 Å². The molecule has 0 unspecified atom stereocenters. The van der Waals surface area contributed by atoms with Gasteiger partial charge in [-0.25, -0.2) is 0 Å². The fraction of sp³-hybridized carbons (Fsp3) is 1.00. The lowest BCUT2D eigenvalue weighted by atomic mass is 10.4. The van der Waals surface area contributed by atoms with Crippen molar-refractivity contribution in [1.82, 2.24) is 4.90 Å². The molecule has 7 nitrogen and oxygen atoms in total. The van der Waals surface area contributed by atoms with E-state index >= 15 is 0 Å². The zero-order valence-corrected chi connectivity index (χ0v) is 12.2. The van der Waals surface area contributed by atoms with Gasteiger partial charge in [0.25, 0.3) is 0 Å². The average molecular weight is 295 g/mol. The van der Waals surface area contributed by atoms with Gasteiger partial charge < -0.3 is 29.5 Å². The molecule has 0 spiro atoms. The van der Waals surface area contributed by atoms with Crippen molar-refractivity contribution in [2.45, 2.75) is 12.8 Å². The van der Waals surface area contributed by atoms with Gasteiger partial charge in [0.2, 0.25) is 0 Å². The van der Waals surface area contributed by atoms with Crippen molar-refractivity contribution >= 4 is 0 Å². The molecule has 0 aromatic heterocycles. The predicted octanol–water partition coefficient (Wildman–Crippen LogP) is -0.947. The van der Waals surface area contributed by atoms with Crippen LogP contribution in [0.15, 0.2) is 0 Å². The first-order valence-electron chi connectivity index (χ1n) is 7.13. The second kappa shape index (κ2) is 16.8.